The van der Waals surface area contributed by atoms with Crippen LogP contribution in [0.5, 0.6) is 0 Å². The average molecular weight is 535 g/mol. The average Bonchev–Trinajstić information content (AvgIpc) is 3.44. The molecule has 0 bridgehead atoms. The first kappa shape index (κ1) is 25.4. The van der Waals surface area contributed by atoms with Crippen molar-refractivity contribution in [2.45, 2.75) is 44.2 Å². The Kier molecular flexibility index (Phi) is 7.91. The van der Waals surface area contributed by atoms with Crippen LogP contribution in [0.4, 0.5) is 9.80 Å². The minimum atomic E-state index is -3.27. The summed E-state index contributed by atoms with van der Waals surface area (Å²) in [5, 5.41) is 15.0. The van der Waals surface area contributed by atoms with Crippen LogP contribution in [0.3, 0.4) is 0 Å². The lowest BCUT2D eigenvalue weighted by Crippen LogP contribution is -2.47. The number of nitriles is 1. The van der Waals surface area contributed by atoms with Gasteiger partial charge in [-0.25, -0.2) is 17.9 Å². The lowest BCUT2D eigenvalue weighted by molar-refractivity contribution is -0.111. The van der Waals surface area contributed by atoms with E-state index in [0.717, 1.165) is 21.6 Å². The Balaban J connectivity index is 1.33. The molecule has 2 amide bonds. The second-order valence-corrected chi connectivity index (χ2v) is 12.4. The molecule has 0 aromatic carbocycles. The maximum Gasteiger partial charge on any atom is 0.410 e. The Bertz CT molecular complexity index is 1250. The van der Waals surface area contributed by atoms with Crippen LogP contribution in [0, 0.1) is 11.3 Å². The highest BCUT2D eigenvalue weighted by Gasteiger charge is 2.31. The molecule has 1 saturated heterocycles. The van der Waals surface area contributed by atoms with Crippen molar-refractivity contribution in [2.75, 3.05) is 24.7 Å². The summed E-state index contributed by atoms with van der Waals surface area (Å²) in [4.78, 5) is 28.5. The van der Waals surface area contributed by atoms with Crippen molar-refractivity contribution < 1.29 is 22.7 Å². The van der Waals surface area contributed by atoms with Crippen LogP contribution >= 0.6 is 22.7 Å². The van der Waals surface area contributed by atoms with Crippen LogP contribution in [0.2, 0.25) is 0 Å². The summed E-state index contributed by atoms with van der Waals surface area (Å²) in [6.07, 6.45) is 6.36. The molecule has 0 saturated carbocycles. The number of carbonyl (C=O) groups excluding carboxylic acids is 2. The van der Waals surface area contributed by atoms with Crippen molar-refractivity contribution in [1.82, 2.24) is 9.62 Å². The SMILES string of the molecule is CS(=O)(=O)NC1CCN(C(=O)OC2CCc3c(sc(NC(=O)C=Cc4cccs4)c3C#N)C2)CC1. The number of sulfonamides is 1. The third-order valence-electron chi connectivity index (χ3n) is 5.91. The van der Waals surface area contributed by atoms with E-state index in [1.807, 2.05) is 17.5 Å². The molecule has 9 nitrogen and oxygen atoms in total. The van der Waals surface area contributed by atoms with E-state index in [-0.39, 0.29) is 18.1 Å². The zero-order valence-corrected chi connectivity index (χ0v) is 21.6. The van der Waals surface area contributed by atoms with Gasteiger partial charge in [0, 0.05) is 41.4 Å². The molecule has 1 aliphatic carbocycles. The van der Waals surface area contributed by atoms with Crippen molar-refractivity contribution in [3.63, 3.8) is 0 Å². The zero-order valence-electron chi connectivity index (χ0n) is 19.2. The molecule has 186 valence electrons. The Morgan fingerprint density at radius 2 is 2.06 bits per heavy atom. The van der Waals surface area contributed by atoms with Gasteiger partial charge in [-0.05, 0) is 48.8 Å². The normalized spacial score (nSPS) is 18.7. The number of nitrogens with zero attached hydrogens (tertiary/aromatic N) is 2. The second-order valence-electron chi connectivity index (χ2n) is 8.56. The van der Waals surface area contributed by atoms with Gasteiger partial charge < -0.3 is 15.0 Å². The molecule has 2 aromatic heterocycles. The van der Waals surface area contributed by atoms with E-state index in [9.17, 15) is 23.3 Å². The van der Waals surface area contributed by atoms with Crippen molar-refractivity contribution in [3.8, 4) is 6.07 Å². The molecular formula is C23H26N4O5S3. The maximum absolute atomic E-state index is 12.7. The number of hydrogen-bond donors (Lipinski definition) is 2. The summed E-state index contributed by atoms with van der Waals surface area (Å²) in [6, 6.07) is 5.86. The molecule has 2 aromatic rings. The number of rotatable bonds is 6. The Morgan fingerprint density at radius 3 is 2.71 bits per heavy atom. The predicted octanol–water partition coefficient (Wildman–Crippen LogP) is 3.34. The van der Waals surface area contributed by atoms with Crippen molar-refractivity contribution in [3.05, 3.63) is 44.5 Å². The topological polar surface area (TPSA) is 129 Å². The molecule has 1 aliphatic heterocycles. The molecule has 4 rings (SSSR count). The third kappa shape index (κ3) is 6.70. The number of nitrogens with one attached hydrogen (secondary N) is 2. The summed E-state index contributed by atoms with van der Waals surface area (Å²) in [7, 11) is -3.27. The fourth-order valence-electron chi connectivity index (χ4n) is 4.26. The number of fused-ring (bicyclic) bond motifs is 1. The van der Waals surface area contributed by atoms with Gasteiger partial charge in [0.1, 0.15) is 17.2 Å². The first-order chi connectivity index (χ1) is 16.7. The van der Waals surface area contributed by atoms with Gasteiger partial charge in [0.2, 0.25) is 15.9 Å². The number of likely N-dealkylation sites (tertiary alicyclic amines) is 1. The summed E-state index contributed by atoms with van der Waals surface area (Å²) < 4.78 is 31.1. The van der Waals surface area contributed by atoms with Gasteiger partial charge >= 0.3 is 6.09 Å². The molecule has 2 N–H and O–H groups in total. The smallest absolute Gasteiger partial charge is 0.410 e. The van der Waals surface area contributed by atoms with Gasteiger partial charge in [0.25, 0.3) is 0 Å². The summed E-state index contributed by atoms with van der Waals surface area (Å²) in [5.74, 6) is -0.301. The highest BCUT2D eigenvalue weighted by atomic mass is 32.2. The zero-order chi connectivity index (χ0) is 25.0. The van der Waals surface area contributed by atoms with Gasteiger partial charge in [0.05, 0.1) is 11.8 Å². The lowest BCUT2D eigenvalue weighted by Gasteiger charge is -2.33. The molecule has 35 heavy (non-hydrogen) atoms. The molecule has 0 radical (unpaired) electrons. The minimum Gasteiger partial charge on any atom is -0.446 e. The second kappa shape index (κ2) is 10.9. The molecular weight excluding hydrogens is 508 g/mol. The first-order valence-corrected chi connectivity index (χ1v) is 14.8. The van der Waals surface area contributed by atoms with Gasteiger partial charge in [-0.15, -0.1) is 22.7 Å². The van der Waals surface area contributed by atoms with E-state index in [4.69, 9.17) is 4.74 Å². The van der Waals surface area contributed by atoms with Crippen LogP contribution < -0.4 is 10.0 Å². The van der Waals surface area contributed by atoms with Gasteiger partial charge in [-0.2, -0.15) is 5.26 Å². The van der Waals surface area contributed by atoms with E-state index >= 15 is 0 Å². The van der Waals surface area contributed by atoms with Crippen molar-refractivity contribution >= 4 is 55.8 Å². The highest BCUT2D eigenvalue weighted by Crippen LogP contribution is 2.38. The molecule has 1 fully saturated rings. The summed E-state index contributed by atoms with van der Waals surface area (Å²) in [5.41, 5.74) is 1.39. The first-order valence-electron chi connectivity index (χ1n) is 11.2. The molecule has 0 spiro atoms. The largest absolute Gasteiger partial charge is 0.446 e. The molecule has 3 heterocycles. The van der Waals surface area contributed by atoms with Crippen LogP contribution in [0.1, 0.15) is 40.1 Å². The number of ether oxygens (including phenoxy) is 1. The number of amides is 2. The number of anilines is 1. The van der Waals surface area contributed by atoms with Crippen LogP contribution in [0.15, 0.2) is 23.6 Å². The van der Waals surface area contributed by atoms with E-state index < -0.39 is 16.1 Å². The van der Waals surface area contributed by atoms with Crippen LogP contribution in [-0.4, -0.2) is 56.8 Å². The van der Waals surface area contributed by atoms with Crippen molar-refractivity contribution in [1.29, 1.82) is 5.26 Å². The standard InChI is InChI=1S/C23H26N4O5S3/c1-35(30,31)26-15-8-10-27(11-9-15)23(29)32-16-4-6-18-19(14-24)22(34-20(18)13-16)25-21(28)7-5-17-3-2-12-33-17/h2-3,5,7,12,15-16,26H,4,6,8-11,13H2,1H3,(H,25,28). The lowest BCUT2D eigenvalue weighted by atomic mass is 9.94. The number of thiophene rings is 2. The molecule has 12 heteroatoms. The van der Waals surface area contributed by atoms with Crippen LogP contribution in [-0.2, 0) is 32.4 Å². The highest BCUT2D eigenvalue weighted by molar-refractivity contribution is 7.88. The summed E-state index contributed by atoms with van der Waals surface area (Å²) >= 11 is 2.88. The quantitative estimate of drug-likeness (QED) is 0.547. The van der Waals surface area contributed by atoms with Gasteiger partial charge in [0.15, 0.2) is 0 Å². The molecule has 1 unspecified atom stereocenters. The van der Waals surface area contributed by atoms with Crippen LogP contribution in [0.25, 0.3) is 6.08 Å². The Hall–Kier alpha value is -2.72. The predicted molar refractivity (Wildman–Crippen MR) is 136 cm³/mol. The van der Waals surface area contributed by atoms with E-state index in [1.165, 1.54) is 28.7 Å². The van der Waals surface area contributed by atoms with E-state index in [1.54, 1.807) is 11.0 Å². The number of carbonyl (C=O) groups is 2. The van der Waals surface area contributed by atoms with E-state index in [0.29, 0.717) is 55.8 Å². The fourth-order valence-corrected chi connectivity index (χ4v) is 6.98. The third-order valence-corrected chi connectivity index (χ3v) is 8.68. The molecule has 2 aliphatic rings. The van der Waals surface area contributed by atoms with Gasteiger partial charge in [-0.1, -0.05) is 6.07 Å². The Labute approximate surface area is 212 Å². The minimum absolute atomic E-state index is 0.171. The monoisotopic (exact) mass is 534 g/mol. The van der Waals surface area contributed by atoms with Crippen molar-refractivity contribution in [2.24, 2.45) is 0 Å². The summed E-state index contributed by atoms with van der Waals surface area (Å²) in [6.45, 7) is 0.855. The Morgan fingerprint density at radius 1 is 1.29 bits per heavy atom. The maximum atomic E-state index is 12.7. The number of hydrogen-bond acceptors (Lipinski definition) is 8. The van der Waals surface area contributed by atoms with Gasteiger partial charge in [-0.3, -0.25) is 4.79 Å². The fraction of sp³-hybridized carbons (Fsp3) is 0.435. The molecule has 1 atom stereocenters. The van der Waals surface area contributed by atoms with E-state index in [2.05, 4.69) is 16.1 Å². The number of piperidine rings is 1.